The fraction of sp³-hybridized carbons (Fsp3) is 0.353. The summed E-state index contributed by atoms with van der Waals surface area (Å²) in [6.45, 7) is 5.84. The molecule has 0 aliphatic heterocycles. The molecular weight excluding hydrogens is 294 g/mol. The molecule has 1 aromatic heterocycles. The second kappa shape index (κ2) is 7.09. The number of ether oxygens (including phenoxy) is 1. The summed E-state index contributed by atoms with van der Waals surface area (Å²) in [5, 5.41) is 2.79. The van der Waals surface area contributed by atoms with Gasteiger partial charge >= 0.3 is 5.97 Å². The van der Waals surface area contributed by atoms with E-state index in [0.29, 0.717) is 11.3 Å². The summed E-state index contributed by atoms with van der Waals surface area (Å²) in [6.07, 6.45) is 4.90. The van der Waals surface area contributed by atoms with Crippen molar-refractivity contribution in [2.75, 3.05) is 12.4 Å². The average Bonchev–Trinajstić information content (AvgIpc) is 3.07. The maximum atomic E-state index is 12.4. The van der Waals surface area contributed by atoms with E-state index in [-0.39, 0.29) is 11.8 Å². The van der Waals surface area contributed by atoms with Gasteiger partial charge in [-0.15, -0.1) is 0 Å². The maximum Gasteiger partial charge on any atom is 0.339 e. The van der Waals surface area contributed by atoms with Crippen molar-refractivity contribution in [2.45, 2.75) is 32.7 Å². The van der Waals surface area contributed by atoms with Crippen molar-refractivity contribution < 1.29 is 14.3 Å². The molecule has 1 heterocycles. The number of methoxy groups -OCH3 is 1. The van der Waals surface area contributed by atoms with Gasteiger partial charge in [0, 0.05) is 12.4 Å². The summed E-state index contributed by atoms with van der Waals surface area (Å²) >= 11 is 0. The Kier molecular flexibility index (Phi) is 5.16. The largest absolute Gasteiger partial charge is 0.465 e. The first-order valence-corrected chi connectivity index (χ1v) is 7.44. The van der Waals surface area contributed by atoms with Crippen molar-refractivity contribution in [3.05, 3.63) is 48.0 Å². The summed E-state index contributed by atoms with van der Waals surface area (Å²) in [6, 6.07) is 4.95. The summed E-state index contributed by atoms with van der Waals surface area (Å²) < 4.78 is 6.51. The lowest BCUT2D eigenvalue weighted by Gasteiger charge is -2.16. The third kappa shape index (κ3) is 3.77. The second-order valence-corrected chi connectivity index (χ2v) is 5.63. The van der Waals surface area contributed by atoms with Crippen LogP contribution in [0.5, 0.6) is 0 Å². The van der Waals surface area contributed by atoms with Gasteiger partial charge in [0.25, 0.3) is 0 Å². The maximum absolute atomic E-state index is 12.4. The van der Waals surface area contributed by atoms with Gasteiger partial charge < -0.3 is 14.6 Å². The average molecular weight is 315 g/mol. The topological polar surface area (TPSA) is 73.2 Å². The van der Waals surface area contributed by atoms with Crippen LogP contribution in [-0.4, -0.2) is 28.5 Å². The number of aromatic nitrogens is 2. The van der Waals surface area contributed by atoms with Crippen LogP contribution in [0.15, 0.2) is 36.9 Å². The summed E-state index contributed by atoms with van der Waals surface area (Å²) in [4.78, 5) is 28.3. The van der Waals surface area contributed by atoms with Crippen LogP contribution in [0.4, 0.5) is 5.69 Å². The molecule has 1 N–H and O–H groups in total. The zero-order valence-corrected chi connectivity index (χ0v) is 13.7. The number of hydrogen-bond acceptors (Lipinski definition) is 4. The summed E-state index contributed by atoms with van der Waals surface area (Å²) in [5.74, 6) is -0.434. The van der Waals surface area contributed by atoms with Gasteiger partial charge in [0.1, 0.15) is 6.04 Å². The number of benzene rings is 1. The second-order valence-electron chi connectivity index (χ2n) is 5.63. The number of amides is 1. The van der Waals surface area contributed by atoms with E-state index in [4.69, 9.17) is 4.74 Å². The van der Waals surface area contributed by atoms with Gasteiger partial charge in [-0.1, -0.05) is 19.9 Å². The molecule has 1 unspecified atom stereocenters. The van der Waals surface area contributed by atoms with Crippen molar-refractivity contribution >= 4 is 17.6 Å². The molecule has 6 nitrogen and oxygen atoms in total. The molecule has 0 radical (unpaired) electrons. The molecular formula is C17H21N3O3. The lowest BCUT2D eigenvalue weighted by Crippen LogP contribution is -2.24. The van der Waals surface area contributed by atoms with Gasteiger partial charge in [-0.05, 0) is 30.5 Å². The molecule has 0 aliphatic carbocycles. The lowest BCUT2D eigenvalue weighted by molar-refractivity contribution is -0.118. The third-order valence-electron chi connectivity index (χ3n) is 3.72. The van der Waals surface area contributed by atoms with E-state index < -0.39 is 12.0 Å². The van der Waals surface area contributed by atoms with E-state index in [9.17, 15) is 9.59 Å². The first-order valence-electron chi connectivity index (χ1n) is 7.44. The Balaban J connectivity index is 2.28. The number of nitrogens with one attached hydrogen (secondary N) is 1. The lowest BCUT2D eigenvalue weighted by atomic mass is 9.99. The van der Waals surface area contributed by atoms with E-state index in [1.807, 2.05) is 19.9 Å². The molecule has 122 valence electrons. The van der Waals surface area contributed by atoms with Crippen LogP contribution in [0.3, 0.4) is 0 Å². The van der Waals surface area contributed by atoms with Crippen molar-refractivity contribution in [3.8, 4) is 0 Å². The van der Waals surface area contributed by atoms with Crippen molar-refractivity contribution in [1.82, 2.24) is 9.55 Å². The fourth-order valence-corrected chi connectivity index (χ4v) is 2.18. The Morgan fingerprint density at radius 2 is 2.00 bits per heavy atom. The van der Waals surface area contributed by atoms with Gasteiger partial charge in [0.05, 0.1) is 24.7 Å². The van der Waals surface area contributed by atoms with Gasteiger partial charge in [0.2, 0.25) is 5.91 Å². The molecule has 2 aromatic rings. The highest BCUT2D eigenvalue weighted by molar-refractivity contribution is 6.02. The van der Waals surface area contributed by atoms with Crippen LogP contribution in [0.2, 0.25) is 0 Å². The Morgan fingerprint density at radius 1 is 1.26 bits per heavy atom. The number of carbonyl (C=O) groups excluding carboxylic acids is 2. The third-order valence-corrected chi connectivity index (χ3v) is 3.72. The molecule has 2 rings (SSSR count). The number of anilines is 1. The zero-order valence-electron chi connectivity index (χ0n) is 13.7. The van der Waals surface area contributed by atoms with Crippen molar-refractivity contribution in [3.63, 3.8) is 0 Å². The van der Waals surface area contributed by atoms with Crippen LogP contribution in [0.1, 0.15) is 48.7 Å². The van der Waals surface area contributed by atoms with Gasteiger partial charge in [-0.2, -0.15) is 0 Å². The Morgan fingerprint density at radius 3 is 2.57 bits per heavy atom. The highest BCUT2D eigenvalue weighted by Crippen LogP contribution is 2.24. The van der Waals surface area contributed by atoms with Gasteiger partial charge in [-0.3, -0.25) is 4.79 Å². The normalized spacial score (nSPS) is 12.0. The van der Waals surface area contributed by atoms with E-state index in [1.54, 1.807) is 42.3 Å². The molecule has 0 saturated heterocycles. The molecule has 0 fully saturated rings. The quantitative estimate of drug-likeness (QED) is 0.861. The number of hydrogen-bond donors (Lipinski definition) is 1. The minimum absolute atomic E-state index is 0.231. The first-order chi connectivity index (χ1) is 10.9. The highest BCUT2D eigenvalue weighted by Gasteiger charge is 2.19. The minimum Gasteiger partial charge on any atom is -0.465 e. The number of esters is 1. The fourth-order valence-electron chi connectivity index (χ4n) is 2.18. The number of rotatable bonds is 5. The van der Waals surface area contributed by atoms with Crippen LogP contribution in [0, 0.1) is 0 Å². The molecule has 0 bridgehead atoms. The molecule has 6 heteroatoms. The molecule has 0 aliphatic rings. The predicted molar refractivity (Wildman–Crippen MR) is 87.4 cm³/mol. The standard InChI is InChI=1S/C17H21N3O3/c1-11(2)13-5-6-15(14(9-13)17(22)23-4)19-16(21)12(3)20-8-7-18-10-20/h5-12H,1-4H3,(H,19,21). The van der Waals surface area contributed by atoms with E-state index in [2.05, 4.69) is 10.3 Å². The SMILES string of the molecule is COC(=O)c1cc(C(C)C)ccc1NC(=O)C(C)n1ccnc1. The highest BCUT2D eigenvalue weighted by atomic mass is 16.5. The first kappa shape index (κ1) is 16.7. The Hall–Kier alpha value is -2.63. The smallest absolute Gasteiger partial charge is 0.339 e. The van der Waals surface area contributed by atoms with E-state index in [0.717, 1.165) is 5.56 Å². The Bertz CT molecular complexity index is 693. The molecule has 23 heavy (non-hydrogen) atoms. The van der Waals surface area contributed by atoms with Crippen LogP contribution >= 0.6 is 0 Å². The number of carbonyl (C=O) groups is 2. The zero-order chi connectivity index (χ0) is 17.0. The van der Waals surface area contributed by atoms with E-state index in [1.165, 1.54) is 7.11 Å². The van der Waals surface area contributed by atoms with Gasteiger partial charge in [-0.25, -0.2) is 9.78 Å². The van der Waals surface area contributed by atoms with Crippen molar-refractivity contribution in [1.29, 1.82) is 0 Å². The van der Waals surface area contributed by atoms with Crippen LogP contribution in [-0.2, 0) is 9.53 Å². The number of imidazole rings is 1. The van der Waals surface area contributed by atoms with Crippen LogP contribution < -0.4 is 5.32 Å². The van der Waals surface area contributed by atoms with Gasteiger partial charge in [0.15, 0.2) is 0 Å². The predicted octanol–water partition coefficient (Wildman–Crippen LogP) is 2.99. The Labute approximate surface area is 135 Å². The molecule has 0 spiro atoms. The monoisotopic (exact) mass is 315 g/mol. The minimum atomic E-state index is -0.474. The molecule has 0 saturated carbocycles. The summed E-state index contributed by atoms with van der Waals surface area (Å²) in [7, 11) is 1.32. The van der Waals surface area contributed by atoms with Crippen LogP contribution in [0.25, 0.3) is 0 Å². The van der Waals surface area contributed by atoms with E-state index >= 15 is 0 Å². The summed E-state index contributed by atoms with van der Waals surface area (Å²) in [5.41, 5.74) is 1.80. The van der Waals surface area contributed by atoms with Crippen molar-refractivity contribution in [2.24, 2.45) is 0 Å². The molecule has 1 amide bonds. The molecule has 1 atom stereocenters. The number of nitrogens with zero attached hydrogens (tertiary/aromatic N) is 2. The molecule has 1 aromatic carbocycles.